The lowest BCUT2D eigenvalue weighted by Gasteiger charge is -2.21. The van der Waals surface area contributed by atoms with Crippen molar-refractivity contribution in [1.82, 2.24) is 9.55 Å². The van der Waals surface area contributed by atoms with Crippen molar-refractivity contribution in [2.75, 3.05) is 25.6 Å². The van der Waals surface area contributed by atoms with Crippen molar-refractivity contribution < 1.29 is 71.0 Å². The van der Waals surface area contributed by atoms with Gasteiger partial charge in [-0.25, -0.2) is 13.9 Å². The Kier molecular flexibility index (Phi) is 29.7. The van der Waals surface area contributed by atoms with Crippen LogP contribution in [0.25, 0.3) is 0 Å². The molecule has 392 valence electrons. The average Bonchev–Trinajstić information content (AvgIpc) is 3.99. The maximum atomic E-state index is 12.8. The number of carbonyl (C=O) groups is 2. The fourth-order valence-electron chi connectivity index (χ4n) is 7.33. The van der Waals surface area contributed by atoms with Gasteiger partial charge in [0.25, 0.3) is 0 Å². The van der Waals surface area contributed by atoms with Crippen molar-refractivity contribution in [2.45, 2.75) is 198 Å². The van der Waals surface area contributed by atoms with E-state index in [0.717, 1.165) is 75.0 Å². The second kappa shape index (κ2) is 34.1. The van der Waals surface area contributed by atoms with Crippen molar-refractivity contribution in [3.05, 3.63) is 71.4 Å². The van der Waals surface area contributed by atoms with Crippen molar-refractivity contribution in [3.63, 3.8) is 0 Å². The molecule has 0 bridgehead atoms. The van der Waals surface area contributed by atoms with Gasteiger partial charge in [-0.3, -0.25) is 23.2 Å². The summed E-state index contributed by atoms with van der Waals surface area (Å²) in [6, 6.07) is 1.24. The first-order valence-corrected chi connectivity index (χ1v) is 27.8. The molecule has 6 N–H and O–H groups in total. The van der Waals surface area contributed by atoms with E-state index < -0.39 is 83.7 Å². The number of aliphatic hydroxyl groups excluding tert-OH is 2. The van der Waals surface area contributed by atoms with Gasteiger partial charge in [-0.15, -0.1) is 0 Å². The second-order valence-electron chi connectivity index (χ2n) is 17.3. The van der Waals surface area contributed by atoms with E-state index in [2.05, 4.69) is 59.6 Å². The summed E-state index contributed by atoms with van der Waals surface area (Å²) in [4.78, 5) is 61.8. The van der Waals surface area contributed by atoms with Crippen LogP contribution in [-0.4, -0.2) is 97.9 Å². The van der Waals surface area contributed by atoms with Crippen LogP contribution in [0.3, 0.4) is 0 Å². The number of ether oxygens (including phenoxy) is 4. The molecule has 0 spiro atoms. The number of carbonyl (C=O) groups excluding carboxylic acids is 2. The lowest BCUT2D eigenvalue weighted by Crippen LogP contribution is -2.36. The highest BCUT2D eigenvalue weighted by atomic mass is 31.3. The molecule has 19 nitrogen and oxygen atoms in total. The predicted octanol–water partition coefficient (Wildman–Crippen LogP) is 8.76. The number of aliphatic hydroxyl groups is 2. The fourth-order valence-corrected chi connectivity index (χ4v) is 9.44. The van der Waals surface area contributed by atoms with E-state index in [1.54, 1.807) is 0 Å². The largest absolute Gasteiger partial charge is 0.481 e. The molecular weight excluding hydrogens is 936 g/mol. The van der Waals surface area contributed by atoms with E-state index in [0.29, 0.717) is 31.5 Å². The number of hydrogen-bond acceptors (Lipinski definition) is 16. The number of rotatable bonds is 39. The van der Waals surface area contributed by atoms with Crippen LogP contribution in [0.2, 0.25) is 0 Å². The first-order chi connectivity index (χ1) is 33.1. The maximum absolute atomic E-state index is 12.8. The summed E-state index contributed by atoms with van der Waals surface area (Å²) < 4.78 is 62.4. The van der Waals surface area contributed by atoms with Crippen LogP contribution < -0.4 is 11.4 Å². The third-order valence-electron chi connectivity index (χ3n) is 11.3. The molecule has 0 aromatic carbocycles. The van der Waals surface area contributed by atoms with Crippen molar-refractivity contribution in [2.24, 2.45) is 0 Å². The van der Waals surface area contributed by atoms with Gasteiger partial charge < -0.3 is 44.7 Å². The summed E-state index contributed by atoms with van der Waals surface area (Å²) in [5.74, 6) is -1.38. The standard InChI is InChI=1S/C48H79N3O16P2/c1-3-5-7-8-9-10-11-12-13-18-21-24-28-32-44(53)64-38(35-61-43(52)31-27-23-20-17-15-14-16-19-22-26-30-40-39(65-40)29-25-6-4-2)36-62-68(57,58)67-69(59,60)63-37-41-45(54)46(55)47(66-41)51-34-33-42(49)50-48(51)56/h10-11,14,16-17,20,22,26,33-34,38-41,45-47,54-55H,3-9,12-13,15,18-19,21,23-25,27-32,35-37H2,1-2H3,(H,57,58)(H,59,60)(H2,49,50,56)/b11-10-,16-14-,20-17-,26-22-/t38-,39?,40?,41-,45-,46-,47-/m1/s1. The molecule has 2 fully saturated rings. The van der Waals surface area contributed by atoms with Gasteiger partial charge in [-0.2, -0.15) is 9.29 Å². The molecule has 2 saturated heterocycles. The van der Waals surface area contributed by atoms with Crippen LogP contribution in [0.15, 0.2) is 65.7 Å². The Labute approximate surface area is 407 Å². The molecule has 0 saturated carbocycles. The maximum Gasteiger partial charge on any atom is 0.481 e. The molecule has 4 unspecified atom stereocenters. The van der Waals surface area contributed by atoms with Gasteiger partial charge in [0.05, 0.1) is 25.4 Å². The van der Waals surface area contributed by atoms with Gasteiger partial charge >= 0.3 is 33.3 Å². The Morgan fingerprint density at radius 1 is 0.725 bits per heavy atom. The third-order valence-corrected chi connectivity index (χ3v) is 13.9. The number of unbranched alkanes of at least 4 members (excludes halogenated alkanes) is 12. The number of nitrogen functional groups attached to an aromatic ring is 1. The molecule has 3 heterocycles. The lowest BCUT2D eigenvalue weighted by atomic mass is 10.1. The molecule has 21 heteroatoms. The monoisotopic (exact) mass is 1020 g/mol. The summed E-state index contributed by atoms with van der Waals surface area (Å²) in [7, 11) is -10.9. The zero-order valence-electron chi connectivity index (χ0n) is 40.5. The van der Waals surface area contributed by atoms with Crippen LogP contribution in [0.4, 0.5) is 5.82 Å². The SMILES string of the molecule is CCCCCC/C=C\CCCCCCCC(=O)O[C@H](COC(=O)CCC/C=C\C/C=C\C/C=C\CC1OC1CCCCC)COP(=O)(O)OP(=O)(O)OC[C@H]1O[C@@H](n2ccc(N)nc2=O)[C@H](O)[C@@H]1O. The molecule has 69 heavy (non-hydrogen) atoms. The summed E-state index contributed by atoms with van der Waals surface area (Å²) >= 11 is 0. The molecule has 2 aliphatic rings. The molecule has 1 aromatic heterocycles. The van der Waals surface area contributed by atoms with E-state index in [1.807, 2.05) is 12.2 Å². The first-order valence-electron chi connectivity index (χ1n) is 24.8. The zero-order valence-corrected chi connectivity index (χ0v) is 42.3. The van der Waals surface area contributed by atoms with Crippen LogP contribution >= 0.6 is 15.6 Å². The molecule has 9 atom stereocenters. The highest BCUT2D eigenvalue weighted by Gasteiger charge is 2.46. The zero-order chi connectivity index (χ0) is 50.3. The summed E-state index contributed by atoms with van der Waals surface area (Å²) in [6.45, 7) is 2.03. The van der Waals surface area contributed by atoms with Crippen LogP contribution in [0, 0.1) is 0 Å². The van der Waals surface area contributed by atoms with Gasteiger partial charge in [0.15, 0.2) is 12.3 Å². The van der Waals surface area contributed by atoms with E-state index in [9.17, 15) is 43.5 Å². The van der Waals surface area contributed by atoms with Gasteiger partial charge in [0.2, 0.25) is 0 Å². The van der Waals surface area contributed by atoms with E-state index >= 15 is 0 Å². The third kappa shape index (κ3) is 26.6. The average molecular weight is 1020 g/mol. The van der Waals surface area contributed by atoms with E-state index in [1.165, 1.54) is 51.0 Å². The number of hydrogen-bond donors (Lipinski definition) is 5. The molecule has 0 radical (unpaired) electrons. The molecule has 3 rings (SSSR count). The minimum absolute atomic E-state index is 0.0247. The van der Waals surface area contributed by atoms with Crippen LogP contribution in [-0.2, 0) is 51.0 Å². The van der Waals surface area contributed by atoms with Crippen LogP contribution in [0.5, 0.6) is 0 Å². The Morgan fingerprint density at radius 2 is 1.32 bits per heavy atom. The summed E-state index contributed by atoms with van der Waals surface area (Å²) in [6.07, 6.45) is 30.9. The van der Waals surface area contributed by atoms with Crippen molar-refractivity contribution in [1.29, 1.82) is 0 Å². The molecule has 0 aliphatic carbocycles. The van der Waals surface area contributed by atoms with Gasteiger partial charge in [-0.05, 0) is 76.7 Å². The number of nitrogens with zero attached hydrogens (tertiary/aromatic N) is 2. The predicted molar refractivity (Wildman–Crippen MR) is 260 cm³/mol. The number of aromatic nitrogens is 2. The smallest absolute Gasteiger partial charge is 0.462 e. The van der Waals surface area contributed by atoms with Crippen LogP contribution in [0.1, 0.15) is 161 Å². The highest BCUT2D eigenvalue weighted by molar-refractivity contribution is 7.61. The van der Waals surface area contributed by atoms with Crippen molar-refractivity contribution in [3.8, 4) is 0 Å². The fraction of sp³-hybridized carbons (Fsp3) is 0.708. The normalized spacial score (nSPS) is 22.7. The Hall–Kier alpha value is -3.32. The number of epoxide rings is 1. The summed E-state index contributed by atoms with van der Waals surface area (Å²) in [5, 5.41) is 20.9. The topological polar surface area (TPSA) is 278 Å². The van der Waals surface area contributed by atoms with E-state index in [-0.39, 0.29) is 18.7 Å². The van der Waals surface area contributed by atoms with Gasteiger partial charge in [-0.1, -0.05) is 120 Å². The Morgan fingerprint density at radius 3 is 2.03 bits per heavy atom. The number of phosphoric ester groups is 2. The van der Waals surface area contributed by atoms with Gasteiger partial charge in [0, 0.05) is 19.0 Å². The lowest BCUT2D eigenvalue weighted by molar-refractivity contribution is -0.161. The highest BCUT2D eigenvalue weighted by Crippen LogP contribution is 2.60. The number of phosphoric acid groups is 2. The minimum atomic E-state index is -5.44. The number of anilines is 1. The quantitative estimate of drug-likeness (QED) is 0.0135. The molecular formula is C48H79N3O16P2. The second-order valence-corrected chi connectivity index (χ2v) is 20.4. The number of nitrogens with two attached hydrogens (primary N) is 1. The molecule has 2 aliphatic heterocycles. The Bertz CT molecular complexity index is 1910. The van der Waals surface area contributed by atoms with Gasteiger partial charge in [0.1, 0.15) is 30.7 Å². The summed E-state index contributed by atoms with van der Waals surface area (Å²) in [5.41, 5.74) is 4.58. The Balaban J connectivity index is 1.42. The number of esters is 2. The van der Waals surface area contributed by atoms with Crippen molar-refractivity contribution >= 4 is 33.4 Å². The molecule has 1 aromatic rings. The first kappa shape index (κ1) is 60.0. The minimum Gasteiger partial charge on any atom is -0.462 e. The van der Waals surface area contributed by atoms with E-state index in [4.69, 9.17) is 33.7 Å². The number of allylic oxidation sites excluding steroid dienone is 7. The molecule has 0 amide bonds.